The van der Waals surface area contributed by atoms with E-state index in [1.54, 1.807) is 30.3 Å². The van der Waals surface area contributed by atoms with Crippen LogP contribution in [0.1, 0.15) is 23.8 Å². The Morgan fingerprint density at radius 1 is 1.45 bits per heavy atom. The quantitative estimate of drug-likeness (QED) is 0.807. The van der Waals surface area contributed by atoms with Gasteiger partial charge in [-0.05, 0) is 18.0 Å². The molecule has 0 aliphatic rings. The average molecular weight is 294 g/mol. The molecule has 5 heteroatoms. The zero-order chi connectivity index (χ0) is 15.0. The van der Waals surface area contributed by atoms with E-state index in [-0.39, 0.29) is 12.5 Å². The minimum absolute atomic E-state index is 0.0882. The zero-order valence-electron chi connectivity index (χ0n) is 12.3. The summed E-state index contributed by atoms with van der Waals surface area (Å²) in [5, 5.41) is 10.8. The Balaban J connectivity index is 2.69. The number of thiophene rings is 1. The van der Waals surface area contributed by atoms with Crippen molar-refractivity contribution in [2.75, 3.05) is 33.8 Å². The molecule has 110 valence electrons. The van der Waals surface area contributed by atoms with Gasteiger partial charge in [0.2, 0.25) is 5.91 Å². The summed E-state index contributed by atoms with van der Waals surface area (Å²) in [7, 11) is 3.54. The third kappa shape index (κ3) is 5.33. The van der Waals surface area contributed by atoms with Gasteiger partial charge in [0.15, 0.2) is 0 Å². The molecule has 1 rings (SSSR count). The number of aliphatic hydroxyl groups is 1. The first kappa shape index (κ1) is 16.7. The molecular weight excluding hydrogens is 272 g/mol. The van der Waals surface area contributed by atoms with Gasteiger partial charge >= 0.3 is 0 Å². The maximum atomic E-state index is 11.8. The maximum absolute atomic E-state index is 11.8. The smallest absolute Gasteiger partial charge is 0.236 e. The lowest BCUT2D eigenvalue weighted by atomic mass is 10.2. The van der Waals surface area contributed by atoms with Crippen LogP contribution in [0.15, 0.2) is 11.4 Å². The molecule has 0 aliphatic carbocycles. The van der Waals surface area contributed by atoms with Crippen molar-refractivity contribution in [2.24, 2.45) is 0 Å². The number of hydrogen-bond donors (Lipinski definition) is 1. The van der Waals surface area contributed by atoms with Gasteiger partial charge in [-0.1, -0.05) is 18.8 Å². The van der Waals surface area contributed by atoms with Gasteiger partial charge in [0.1, 0.15) is 0 Å². The van der Waals surface area contributed by atoms with Crippen molar-refractivity contribution < 1.29 is 9.90 Å². The number of hydrogen-bond acceptors (Lipinski definition) is 4. The van der Waals surface area contributed by atoms with Gasteiger partial charge in [-0.2, -0.15) is 0 Å². The Morgan fingerprint density at radius 2 is 2.20 bits per heavy atom. The van der Waals surface area contributed by atoms with Crippen LogP contribution in [0.2, 0.25) is 0 Å². The topological polar surface area (TPSA) is 43.8 Å². The van der Waals surface area contributed by atoms with E-state index in [2.05, 4.69) is 16.7 Å². The summed E-state index contributed by atoms with van der Waals surface area (Å²) in [6, 6.07) is 1.99. The van der Waals surface area contributed by atoms with Crippen LogP contribution in [0.3, 0.4) is 0 Å². The van der Waals surface area contributed by atoms with Crippen molar-refractivity contribution in [3.63, 3.8) is 0 Å². The molecule has 1 aromatic rings. The van der Waals surface area contributed by atoms with Crippen molar-refractivity contribution in [3.8, 4) is 11.8 Å². The molecule has 1 amide bonds. The molecule has 1 aromatic heterocycles. The molecule has 0 aliphatic heterocycles. The number of carbonyl (C=O) groups excluding carboxylic acids is 1. The van der Waals surface area contributed by atoms with Gasteiger partial charge in [-0.25, -0.2) is 0 Å². The van der Waals surface area contributed by atoms with Crippen LogP contribution in [0.25, 0.3) is 0 Å². The van der Waals surface area contributed by atoms with Crippen LogP contribution in [0.4, 0.5) is 0 Å². The van der Waals surface area contributed by atoms with Crippen molar-refractivity contribution >= 4 is 17.2 Å². The fraction of sp³-hybridized carbons (Fsp3) is 0.533. The molecular formula is C15H22N2O2S. The first-order chi connectivity index (χ1) is 9.58. The summed E-state index contributed by atoms with van der Waals surface area (Å²) in [6.07, 6.45) is 0.492. The van der Waals surface area contributed by atoms with Crippen molar-refractivity contribution in [2.45, 2.75) is 19.9 Å². The molecule has 0 spiro atoms. The summed E-state index contributed by atoms with van der Waals surface area (Å²) in [5.74, 6) is 6.13. The Morgan fingerprint density at radius 3 is 2.80 bits per heavy atom. The number of nitrogens with zero attached hydrogens (tertiary/aromatic N) is 2. The van der Waals surface area contributed by atoms with Crippen molar-refractivity contribution in [1.29, 1.82) is 0 Å². The van der Waals surface area contributed by atoms with Gasteiger partial charge in [0.25, 0.3) is 0 Å². The zero-order valence-corrected chi connectivity index (χ0v) is 13.2. The van der Waals surface area contributed by atoms with Crippen LogP contribution >= 0.6 is 11.3 Å². The molecule has 1 N–H and O–H groups in total. The van der Waals surface area contributed by atoms with Gasteiger partial charge in [0.05, 0.1) is 13.2 Å². The summed E-state index contributed by atoms with van der Waals surface area (Å²) >= 11 is 1.66. The summed E-state index contributed by atoms with van der Waals surface area (Å²) < 4.78 is 0. The largest absolute Gasteiger partial charge is 0.395 e. The van der Waals surface area contributed by atoms with Gasteiger partial charge in [0, 0.05) is 37.5 Å². The molecule has 0 saturated carbocycles. The molecule has 0 aromatic carbocycles. The highest BCUT2D eigenvalue weighted by molar-refractivity contribution is 7.10. The van der Waals surface area contributed by atoms with Gasteiger partial charge in [-0.15, -0.1) is 11.3 Å². The molecule has 0 atom stereocenters. The fourth-order valence-electron chi connectivity index (χ4n) is 1.60. The third-order valence-electron chi connectivity index (χ3n) is 2.88. The summed E-state index contributed by atoms with van der Waals surface area (Å²) in [4.78, 5) is 16.7. The highest BCUT2D eigenvalue weighted by atomic mass is 32.1. The van der Waals surface area contributed by atoms with E-state index in [1.807, 2.05) is 18.4 Å². The van der Waals surface area contributed by atoms with E-state index in [9.17, 15) is 4.79 Å². The predicted molar refractivity (Wildman–Crippen MR) is 82.5 cm³/mol. The molecule has 0 fully saturated rings. The Bertz CT molecular complexity index is 486. The van der Waals surface area contributed by atoms with E-state index in [4.69, 9.17) is 5.11 Å². The lowest BCUT2D eigenvalue weighted by Crippen LogP contribution is -2.36. The number of rotatable bonds is 6. The Kier molecular flexibility index (Phi) is 7.31. The van der Waals surface area contributed by atoms with Crippen LogP contribution in [0, 0.1) is 11.8 Å². The molecule has 0 saturated heterocycles. The van der Waals surface area contributed by atoms with E-state index in [1.165, 1.54) is 4.88 Å². The highest BCUT2D eigenvalue weighted by Gasteiger charge is 2.13. The van der Waals surface area contributed by atoms with Gasteiger partial charge in [-0.3, -0.25) is 9.69 Å². The Labute approximate surface area is 125 Å². The van der Waals surface area contributed by atoms with E-state index >= 15 is 0 Å². The van der Waals surface area contributed by atoms with Crippen LogP contribution < -0.4 is 0 Å². The predicted octanol–water partition coefficient (Wildman–Crippen LogP) is 1.39. The first-order valence-electron chi connectivity index (χ1n) is 6.67. The van der Waals surface area contributed by atoms with Crippen molar-refractivity contribution in [3.05, 3.63) is 21.9 Å². The number of amides is 1. The summed E-state index contributed by atoms with van der Waals surface area (Å²) in [6.45, 7) is 4.11. The molecule has 0 radical (unpaired) electrons. The maximum Gasteiger partial charge on any atom is 0.236 e. The van der Waals surface area contributed by atoms with E-state index in [0.717, 1.165) is 18.7 Å². The van der Waals surface area contributed by atoms with Crippen molar-refractivity contribution in [1.82, 2.24) is 9.80 Å². The monoisotopic (exact) mass is 294 g/mol. The lowest BCUT2D eigenvalue weighted by Gasteiger charge is -2.21. The van der Waals surface area contributed by atoms with E-state index < -0.39 is 0 Å². The highest BCUT2D eigenvalue weighted by Crippen LogP contribution is 2.18. The second-order valence-corrected chi connectivity index (χ2v) is 5.62. The molecule has 1 heterocycles. The molecule has 0 unspecified atom stereocenters. The second kappa shape index (κ2) is 8.75. The van der Waals surface area contributed by atoms with E-state index in [0.29, 0.717) is 13.0 Å². The SMILES string of the molecule is CCN(CC(=O)N(C)C)Cc1sccc1C#CCCO. The molecule has 20 heavy (non-hydrogen) atoms. The first-order valence-corrected chi connectivity index (χ1v) is 7.55. The number of aliphatic hydroxyl groups excluding tert-OH is 1. The number of likely N-dealkylation sites (N-methyl/N-ethyl adjacent to an activating group) is 2. The van der Waals surface area contributed by atoms with Gasteiger partial charge < -0.3 is 10.0 Å². The molecule has 4 nitrogen and oxygen atoms in total. The third-order valence-corrected chi connectivity index (χ3v) is 3.78. The fourth-order valence-corrected chi connectivity index (χ4v) is 2.47. The minimum Gasteiger partial charge on any atom is -0.395 e. The normalized spacial score (nSPS) is 10.2. The second-order valence-electron chi connectivity index (χ2n) is 4.62. The minimum atomic E-state index is 0.0882. The molecule has 0 bridgehead atoms. The number of carbonyl (C=O) groups is 1. The van der Waals surface area contributed by atoms with Crippen LogP contribution in [-0.4, -0.2) is 54.6 Å². The average Bonchev–Trinajstić information content (AvgIpc) is 2.85. The van der Waals surface area contributed by atoms with Crippen LogP contribution in [0.5, 0.6) is 0 Å². The Hall–Kier alpha value is -1.35. The summed E-state index contributed by atoms with van der Waals surface area (Å²) in [5.41, 5.74) is 0.999. The van der Waals surface area contributed by atoms with Crippen LogP contribution in [-0.2, 0) is 11.3 Å². The standard InChI is InChI=1S/C15H22N2O2S/c1-4-17(12-15(19)16(2)3)11-14-13(8-10-20-14)7-5-6-9-18/h8,10,18H,4,6,9,11-12H2,1-3H3. The lowest BCUT2D eigenvalue weighted by molar-refractivity contribution is -0.130.